The zero-order valence-corrected chi connectivity index (χ0v) is 19.7. The third-order valence-corrected chi connectivity index (χ3v) is 5.85. The minimum absolute atomic E-state index is 0.220. The molecule has 0 saturated carbocycles. The molecule has 4 rings (SSSR count). The van der Waals surface area contributed by atoms with Gasteiger partial charge in [0, 0.05) is 16.9 Å². The van der Waals surface area contributed by atoms with Gasteiger partial charge in [0.2, 0.25) is 0 Å². The molecule has 1 aromatic heterocycles. The highest BCUT2D eigenvalue weighted by Gasteiger charge is 2.14. The lowest BCUT2D eigenvalue weighted by atomic mass is 10.1. The Morgan fingerprint density at radius 3 is 2.38 bits per heavy atom. The van der Waals surface area contributed by atoms with E-state index in [-0.39, 0.29) is 18.4 Å². The number of fused-ring (bicyclic) bond motifs is 1. The molecule has 0 spiro atoms. The molecule has 2 amide bonds. The molecule has 174 valence electrons. The maximum Gasteiger partial charge on any atom is 0.262 e. The van der Waals surface area contributed by atoms with Gasteiger partial charge in [0.25, 0.3) is 11.8 Å². The summed E-state index contributed by atoms with van der Waals surface area (Å²) in [4.78, 5) is 29.4. The Morgan fingerprint density at radius 2 is 1.65 bits per heavy atom. The Morgan fingerprint density at radius 1 is 0.882 bits per heavy atom. The van der Waals surface area contributed by atoms with E-state index in [0.29, 0.717) is 34.2 Å². The smallest absolute Gasteiger partial charge is 0.262 e. The molecule has 0 saturated heterocycles. The fraction of sp³-hybridized carbons (Fsp3) is 0.160. The second kappa shape index (κ2) is 10.2. The summed E-state index contributed by atoms with van der Waals surface area (Å²) < 4.78 is 17.1. The number of rotatable bonds is 8. The van der Waals surface area contributed by atoms with E-state index in [1.54, 1.807) is 60.9 Å². The van der Waals surface area contributed by atoms with E-state index >= 15 is 0 Å². The van der Waals surface area contributed by atoms with Gasteiger partial charge in [0.05, 0.1) is 29.4 Å². The number of thiazole rings is 1. The van der Waals surface area contributed by atoms with Crippen molar-refractivity contribution >= 4 is 44.7 Å². The van der Waals surface area contributed by atoms with E-state index in [1.807, 2.05) is 25.1 Å². The third-order valence-electron chi connectivity index (χ3n) is 4.91. The van der Waals surface area contributed by atoms with Crippen LogP contribution >= 0.6 is 11.3 Å². The Balaban J connectivity index is 1.38. The SMILES string of the molecule is COc1ccc(NC(=O)COc2ccc(C(=O)Nc3ccc4nc(C)sc4c3)cc2OC)cc1. The average Bonchev–Trinajstić information content (AvgIpc) is 3.22. The molecule has 2 N–H and O–H groups in total. The number of carbonyl (C=O) groups excluding carboxylic acids is 2. The quantitative estimate of drug-likeness (QED) is 0.375. The van der Waals surface area contributed by atoms with Gasteiger partial charge in [-0.05, 0) is 67.6 Å². The van der Waals surface area contributed by atoms with E-state index in [2.05, 4.69) is 15.6 Å². The van der Waals surface area contributed by atoms with E-state index in [1.165, 1.54) is 7.11 Å². The number of nitrogens with one attached hydrogen (secondary N) is 2. The van der Waals surface area contributed by atoms with Gasteiger partial charge in [0.15, 0.2) is 18.1 Å². The predicted molar refractivity (Wildman–Crippen MR) is 132 cm³/mol. The van der Waals surface area contributed by atoms with Gasteiger partial charge in [-0.15, -0.1) is 11.3 Å². The summed E-state index contributed by atoms with van der Waals surface area (Å²) in [5.41, 5.74) is 2.60. The summed E-state index contributed by atoms with van der Waals surface area (Å²) in [6.45, 7) is 1.73. The number of carbonyl (C=O) groups is 2. The third kappa shape index (κ3) is 5.44. The van der Waals surface area contributed by atoms with Crippen LogP contribution in [-0.4, -0.2) is 37.6 Å². The van der Waals surface area contributed by atoms with Gasteiger partial charge in [-0.1, -0.05) is 0 Å². The van der Waals surface area contributed by atoms with Crippen molar-refractivity contribution in [3.63, 3.8) is 0 Å². The maximum absolute atomic E-state index is 12.8. The van der Waals surface area contributed by atoms with Crippen LogP contribution < -0.4 is 24.8 Å². The van der Waals surface area contributed by atoms with Crippen LogP contribution in [0, 0.1) is 6.92 Å². The fourth-order valence-corrected chi connectivity index (χ4v) is 4.13. The standard InChI is InChI=1S/C25H23N3O5S/c1-15-26-20-10-7-18(13-23(20)34-15)28-25(30)16-4-11-21(22(12-16)32-3)33-14-24(29)27-17-5-8-19(31-2)9-6-17/h4-13H,14H2,1-3H3,(H,27,29)(H,28,30). The number of ether oxygens (including phenoxy) is 3. The van der Waals surface area contributed by atoms with Crippen LogP contribution in [0.1, 0.15) is 15.4 Å². The number of hydrogen-bond acceptors (Lipinski definition) is 7. The van der Waals surface area contributed by atoms with Crippen molar-refractivity contribution in [2.24, 2.45) is 0 Å². The van der Waals surface area contributed by atoms with Crippen molar-refractivity contribution < 1.29 is 23.8 Å². The summed E-state index contributed by atoms with van der Waals surface area (Å²) >= 11 is 1.57. The first kappa shape index (κ1) is 23.1. The van der Waals surface area contributed by atoms with Gasteiger partial charge in [-0.25, -0.2) is 4.98 Å². The molecule has 8 nitrogen and oxygen atoms in total. The lowest BCUT2D eigenvalue weighted by molar-refractivity contribution is -0.118. The van der Waals surface area contributed by atoms with Crippen molar-refractivity contribution in [3.8, 4) is 17.2 Å². The van der Waals surface area contributed by atoms with Crippen LogP contribution in [0.5, 0.6) is 17.2 Å². The highest BCUT2D eigenvalue weighted by Crippen LogP contribution is 2.29. The number of aryl methyl sites for hydroxylation is 1. The maximum atomic E-state index is 12.8. The summed E-state index contributed by atoms with van der Waals surface area (Å²) in [6.07, 6.45) is 0. The predicted octanol–water partition coefficient (Wildman–Crippen LogP) is 4.89. The molecule has 0 fully saturated rings. The van der Waals surface area contributed by atoms with E-state index in [4.69, 9.17) is 14.2 Å². The molecule has 3 aromatic carbocycles. The molecule has 0 aliphatic rings. The molecule has 0 bridgehead atoms. The molecule has 1 heterocycles. The minimum Gasteiger partial charge on any atom is -0.497 e. The topological polar surface area (TPSA) is 98.8 Å². The van der Waals surface area contributed by atoms with Crippen molar-refractivity contribution in [1.29, 1.82) is 0 Å². The number of methoxy groups -OCH3 is 2. The van der Waals surface area contributed by atoms with Gasteiger partial charge in [-0.3, -0.25) is 9.59 Å². The molecular formula is C25H23N3O5S. The van der Waals surface area contributed by atoms with Crippen molar-refractivity contribution in [2.45, 2.75) is 6.92 Å². The van der Waals surface area contributed by atoms with Crippen molar-refractivity contribution in [3.05, 3.63) is 71.2 Å². The number of aromatic nitrogens is 1. The molecule has 0 radical (unpaired) electrons. The number of amides is 2. The van der Waals surface area contributed by atoms with Crippen molar-refractivity contribution in [1.82, 2.24) is 4.98 Å². The first-order valence-electron chi connectivity index (χ1n) is 10.4. The zero-order chi connectivity index (χ0) is 24.1. The Labute approximate surface area is 200 Å². The lowest BCUT2D eigenvalue weighted by Crippen LogP contribution is -2.20. The van der Waals surface area contributed by atoms with E-state index < -0.39 is 0 Å². The second-order valence-electron chi connectivity index (χ2n) is 7.30. The Hall–Kier alpha value is -4.11. The van der Waals surface area contributed by atoms with E-state index in [0.717, 1.165) is 15.2 Å². The van der Waals surface area contributed by atoms with Crippen LogP contribution in [0.15, 0.2) is 60.7 Å². The Bertz CT molecular complexity index is 1330. The molecule has 9 heteroatoms. The average molecular weight is 478 g/mol. The largest absolute Gasteiger partial charge is 0.497 e. The van der Waals surface area contributed by atoms with Crippen LogP contribution in [0.2, 0.25) is 0 Å². The first-order valence-corrected chi connectivity index (χ1v) is 11.2. The van der Waals surface area contributed by atoms with Crippen LogP contribution in [0.25, 0.3) is 10.2 Å². The summed E-state index contributed by atoms with van der Waals surface area (Å²) in [5.74, 6) is 0.775. The minimum atomic E-state index is -0.331. The first-order chi connectivity index (χ1) is 16.4. The molecule has 0 aliphatic carbocycles. The highest BCUT2D eigenvalue weighted by molar-refractivity contribution is 7.18. The normalized spacial score (nSPS) is 10.6. The molecule has 0 aliphatic heterocycles. The van der Waals surface area contributed by atoms with Gasteiger partial charge >= 0.3 is 0 Å². The van der Waals surface area contributed by atoms with Crippen LogP contribution in [0.4, 0.5) is 11.4 Å². The second-order valence-corrected chi connectivity index (χ2v) is 8.54. The molecule has 34 heavy (non-hydrogen) atoms. The number of benzene rings is 3. The van der Waals surface area contributed by atoms with Crippen molar-refractivity contribution in [2.75, 3.05) is 31.5 Å². The zero-order valence-electron chi connectivity index (χ0n) is 18.9. The molecular weight excluding hydrogens is 454 g/mol. The summed E-state index contributed by atoms with van der Waals surface area (Å²) in [5, 5.41) is 6.60. The molecule has 0 unspecified atom stereocenters. The van der Waals surface area contributed by atoms with Crippen LogP contribution in [0.3, 0.4) is 0 Å². The Kier molecular flexibility index (Phi) is 6.93. The monoisotopic (exact) mass is 477 g/mol. The molecule has 4 aromatic rings. The molecule has 0 atom stereocenters. The highest BCUT2D eigenvalue weighted by atomic mass is 32.1. The fourth-order valence-electron chi connectivity index (χ4n) is 3.26. The van der Waals surface area contributed by atoms with Gasteiger partial charge in [-0.2, -0.15) is 0 Å². The van der Waals surface area contributed by atoms with Crippen LogP contribution in [-0.2, 0) is 4.79 Å². The van der Waals surface area contributed by atoms with Gasteiger partial charge in [0.1, 0.15) is 5.75 Å². The number of hydrogen-bond donors (Lipinski definition) is 2. The number of anilines is 2. The van der Waals surface area contributed by atoms with Gasteiger partial charge < -0.3 is 24.8 Å². The summed E-state index contributed by atoms with van der Waals surface area (Å²) in [7, 11) is 3.05. The van der Waals surface area contributed by atoms with E-state index in [9.17, 15) is 9.59 Å². The lowest BCUT2D eigenvalue weighted by Gasteiger charge is -2.13. The summed E-state index contributed by atoms with van der Waals surface area (Å²) in [6, 6.07) is 17.3. The number of nitrogens with zero attached hydrogens (tertiary/aromatic N) is 1.